The van der Waals surface area contributed by atoms with Crippen LogP contribution in [-0.2, 0) is 0 Å². The molecule has 0 heterocycles. The lowest BCUT2D eigenvalue weighted by Gasteiger charge is -2.28. The van der Waals surface area contributed by atoms with Gasteiger partial charge in [0.05, 0.1) is 10.0 Å². The van der Waals surface area contributed by atoms with Crippen molar-refractivity contribution in [1.82, 2.24) is 5.32 Å². The maximum Gasteiger partial charge on any atom is 0.0595 e. The second-order valence-electron chi connectivity index (χ2n) is 4.81. The minimum absolute atomic E-state index is 0.328. The van der Waals surface area contributed by atoms with E-state index in [1.165, 1.54) is 5.56 Å². The van der Waals surface area contributed by atoms with Crippen LogP contribution in [0.3, 0.4) is 0 Å². The molecule has 0 bridgehead atoms. The zero-order valence-electron chi connectivity index (χ0n) is 10.9. The Morgan fingerprint density at radius 2 is 1.76 bits per heavy atom. The highest BCUT2D eigenvalue weighted by Crippen LogP contribution is 2.31. The molecule has 1 N–H and O–H groups in total. The third-order valence-corrected chi connectivity index (χ3v) is 4.04. The van der Waals surface area contributed by atoms with Crippen molar-refractivity contribution in [2.24, 2.45) is 11.8 Å². The summed E-state index contributed by atoms with van der Waals surface area (Å²) in [6.45, 7) is 9.82. The number of nitrogens with one attached hydrogen (secondary N) is 1. The zero-order chi connectivity index (χ0) is 13.0. The lowest BCUT2D eigenvalue weighted by atomic mass is 9.86. The van der Waals surface area contributed by atoms with Gasteiger partial charge in [-0.15, -0.1) is 0 Å². The Bertz CT molecular complexity index is 363. The zero-order valence-corrected chi connectivity index (χ0v) is 12.4. The van der Waals surface area contributed by atoms with Crippen LogP contribution < -0.4 is 5.32 Å². The molecule has 3 heteroatoms. The molecule has 2 unspecified atom stereocenters. The molecule has 0 aromatic heterocycles. The molecule has 0 aliphatic heterocycles. The Kier molecular flexibility index (Phi) is 5.78. The van der Waals surface area contributed by atoms with Gasteiger partial charge in [-0.3, -0.25) is 0 Å². The fourth-order valence-electron chi connectivity index (χ4n) is 1.92. The summed E-state index contributed by atoms with van der Waals surface area (Å²) in [5, 5.41) is 4.77. The van der Waals surface area contributed by atoms with Crippen LogP contribution in [0.2, 0.25) is 10.0 Å². The molecule has 17 heavy (non-hydrogen) atoms. The van der Waals surface area contributed by atoms with E-state index in [9.17, 15) is 0 Å². The van der Waals surface area contributed by atoms with Crippen LogP contribution in [0.1, 0.15) is 39.3 Å². The van der Waals surface area contributed by atoms with Gasteiger partial charge >= 0.3 is 0 Å². The van der Waals surface area contributed by atoms with E-state index in [0.717, 1.165) is 6.54 Å². The van der Waals surface area contributed by atoms with Crippen molar-refractivity contribution in [2.75, 3.05) is 6.54 Å². The van der Waals surface area contributed by atoms with Gasteiger partial charge in [-0.25, -0.2) is 0 Å². The summed E-state index contributed by atoms with van der Waals surface area (Å²) in [7, 11) is 0. The number of rotatable bonds is 5. The fraction of sp³-hybridized carbons (Fsp3) is 0.571. The summed E-state index contributed by atoms with van der Waals surface area (Å²) in [5.41, 5.74) is 1.21. The first-order chi connectivity index (χ1) is 7.97. The predicted molar refractivity (Wildman–Crippen MR) is 76.9 cm³/mol. The van der Waals surface area contributed by atoms with Crippen LogP contribution in [0, 0.1) is 11.8 Å². The Labute approximate surface area is 115 Å². The van der Waals surface area contributed by atoms with E-state index in [-0.39, 0.29) is 0 Å². The van der Waals surface area contributed by atoms with E-state index in [1.54, 1.807) is 0 Å². The molecular formula is C14H21Cl2N. The monoisotopic (exact) mass is 273 g/mol. The van der Waals surface area contributed by atoms with Crippen molar-refractivity contribution in [3.8, 4) is 0 Å². The molecule has 1 rings (SSSR count). The molecule has 0 aliphatic rings. The van der Waals surface area contributed by atoms with Gasteiger partial charge in [0.25, 0.3) is 0 Å². The maximum atomic E-state index is 6.08. The molecule has 96 valence electrons. The van der Waals surface area contributed by atoms with Crippen LogP contribution in [0.5, 0.6) is 0 Å². The molecule has 1 aromatic rings. The minimum Gasteiger partial charge on any atom is -0.310 e. The lowest BCUT2D eigenvalue weighted by Crippen LogP contribution is -2.29. The average molecular weight is 274 g/mol. The molecular weight excluding hydrogens is 253 g/mol. The van der Waals surface area contributed by atoms with Crippen molar-refractivity contribution in [2.45, 2.75) is 33.7 Å². The first kappa shape index (κ1) is 14.8. The molecule has 0 saturated heterocycles. The van der Waals surface area contributed by atoms with Crippen LogP contribution >= 0.6 is 23.2 Å². The number of hydrogen-bond acceptors (Lipinski definition) is 1. The van der Waals surface area contributed by atoms with E-state index in [4.69, 9.17) is 23.2 Å². The van der Waals surface area contributed by atoms with Gasteiger partial charge in [0.15, 0.2) is 0 Å². The normalized spacial score (nSPS) is 15.0. The molecule has 0 aliphatic carbocycles. The van der Waals surface area contributed by atoms with Gasteiger partial charge in [-0.05, 0) is 36.1 Å². The van der Waals surface area contributed by atoms with Crippen molar-refractivity contribution >= 4 is 23.2 Å². The summed E-state index contributed by atoms with van der Waals surface area (Å²) in [6, 6.07) is 6.22. The highest BCUT2D eigenvalue weighted by Gasteiger charge is 2.21. The molecule has 0 amide bonds. The van der Waals surface area contributed by atoms with Crippen LogP contribution in [0.25, 0.3) is 0 Å². The molecule has 0 radical (unpaired) electrons. The average Bonchev–Trinajstić information content (AvgIpc) is 2.29. The maximum absolute atomic E-state index is 6.08. The van der Waals surface area contributed by atoms with Gasteiger partial charge < -0.3 is 5.32 Å². The molecule has 0 fully saturated rings. The summed E-state index contributed by atoms with van der Waals surface area (Å²) >= 11 is 12.0. The smallest absolute Gasteiger partial charge is 0.0595 e. The number of benzene rings is 1. The second kappa shape index (κ2) is 6.63. The SMILES string of the molecule is CCNC(c1ccc(Cl)c(Cl)c1)C(C)C(C)C. The molecule has 0 saturated carbocycles. The third kappa shape index (κ3) is 3.87. The minimum atomic E-state index is 0.328. The van der Waals surface area contributed by atoms with Gasteiger partial charge in [0.1, 0.15) is 0 Å². The quantitative estimate of drug-likeness (QED) is 0.802. The third-order valence-electron chi connectivity index (χ3n) is 3.30. The highest BCUT2D eigenvalue weighted by molar-refractivity contribution is 6.42. The summed E-state index contributed by atoms with van der Waals surface area (Å²) in [6.07, 6.45) is 0. The largest absolute Gasteiger partial charge is 0.310 e. The molecule has 1 nitrogen and oxygen atoms in total. The van der Waals surface area contributed by atoms with Crippen molar-refractivity contribution in [3.63, 3.8) is 0 Å². The van der Waals surface area contributed by atoms with Gasteiger partial charge in [0, 0.05) is 6.04 Å². The lowest BCUT2D eigenvalue weighted by molar-refractivity contribution is 0.307. The van der Waals surface area contributed by atoms with E-state index in [0.29, 0.717) is 27.9 Å². The topological polar surface area (TPSA) is 12.0 Å². The predicted octanol–water partition coefficient (Wildman–Crippen LogP) is 4.94. The first-order valence-electron chi connectivity index (χ1n) is 6.15. The summed E-state index contributed by atoms with van der Waals surface area (Å²) in [5.74, 6) is 1.17. The molecule has 0 spiro atoms. The standard InChI is InChI=1S/C14H21Cl2N/c1-5-17-14(10(4)9(2)3)11-6-7-12(15)13(16)8-11/h6-10,14,17H,5H2,1-4H3. The Morgan fingerprint density at radius 3 is 2.24 bits per heavy atom. The molecule has 1 aromatic carbocycles. The summed E-state index contributed by atoms with van der Waals surface area (Å²) < 4.78 is 0. The summed E-state index contributed by atoms with van der Waals surface area (Å²) in [4.78, 5) is 0. The van der Waals surface area contributed by atoms with Crippen LogP contribution in [0.15, 0.2) is 18.2 Å². The van der Waals surface area contributed by atoms with Crippen molar-refractivity contribution in [1.29, 1.82) is 0 Å². The van der Waals surface area contributed by atoms with E-state index < -0.39 is 0 Å². The van der Waals surface area contributed by atoms with Crippen molar-refractivity contribution < 1.29 is 0 Å². The van der Waals surface area contributed by atoms with E-state index >= 15 is 0 Å². The van der Waals surface area contributed by atoms with E-state index in [2.05, 4.69) is 39.1 Å². The van der Waals surface area contributed by atoms with Crippen molar-refractivity contribution in [3.05, 3.63) is 33.8 Å². The second-order valence-corrected chi connectivity index (χ2v) is 5.63. The Hall–Kier alpha value is -0.240. The number of hydrogen-bond donors (Lipinski definition) is 1. The van der Waals surface area contributed by atoms with Gasteiger partial charge in [0.2, 0.25) is 0 Å². The fourth-order valence-corrected chi connectivity index (χ4v) is 2.22. The highest BCUT2D eigenvalue weighted by atomic mass is 35.5. The Balaban J connectivity index is 3.00. The van der Waals surface area contributed by atoms with Crippen LogP contribution in [0.4, 0.5) is 0 Å². The van der Waals surface area contributed by atoms with E-state index in [1.807, 2.05) is 12.1 Å². The molecule has 2 atom stereocenters. The van der Waals surface area contributed by atoms with Gasteiger partial charge in [-0.1, -0.05) is 57.0 Å². The van der Waals surface area contributed by atoms with Gasteiger partial charge in [-0.2, -0.15) is 0 Å². The first-order valence-corrected chi connectivity index (χ1v) is 6.91. The Morgan fingerprint density at radius 1 is 1.12 bits per heavy atom. The van der Waals surface area contributed by atoms with Crippen LogP contribution in [-0.4, -0.2) is 6.54 Å². The number of halogens is 2.